The molecule has 0 spiro atoms. The number of aromatic nitrogens is 1. The highest BCUT2D eigenvalue weighted by Gasteiger charge is 2.22. The summed E-state index contributed by atoms with van der Waals surface area (Å²) < 4.78 is 26.4. The highest BCUT2D eigenvalue weighted by Crippen LogP contribution is 2.29. The zero-order chi connectivity index (χ0) is 21.6. The van der Waals surface area contributed by atoms with Gasteiger partial charge in [0.1, 0.15) is 0 Å². The number of carbonyl (C=O) groups excluding carboxylic acids is 1. The second kappa shape index (κ2) is 9.77. The summed E-state index contributed by atoms with van der Waals surface area (Å²) >= 11 is 1.55. The second-order valence-corrected chi connectivity index (χ2v) is 9.43. The van der Waals surface area contributed by atoms with Gasteiger partial charge in [0.25, 0.3) is 0 Å². The summed E-state index contributed by atoms with van der Waals surface area (Å²) in [4.78, 5) is 17.7. The Bertz CT molecular complexity index is 1120. The van der Waals surface area contributed by atoms with Crippen LogP contribution in [0.15, 0.2) is 81.5 Å². The van der Waals surface area contributed by atoms with E-state index < -0.39 is 9.84 Å². The Kier molecular flexibility index (Phi) is 7.12. The van der Waals surface area contributed by atoms with Gasteiger partial charge in [-0.1, -0.05) is 12.1 Å². The Hall–Kier alpha value is -2.84. The summed E-state index contributed by atoms with van der Waals surface area (Å²) in [5.74, 6) is -0.256. The molecule has 0 aliphatic carbocycles. The fraction of sp³-hybridized carbons (Fsp3) is 0.182. The van der Waals surface area contributed by atoms with Gasteiger partial charge in [-0.2, -0.15) is 0 Å². The molecule has 1 aromatic heterocycles. The number of pyridine rings is 1. The average molecular weight is 442 g/mol. The molecular formula is C22H23N3O3S2. The van der Waals surface area contributed by atoms with E-state index in [0.717, 1.165) is 16.2 Å². The molecule has 0 atom stereocenters. The van der Waals surface area contributed by atoms with Crippen LogP contribution in [0, 0.1) is 6.92 Å². The molecule has 0 aliphatic rings. The van der Waals surface area contributed by atoms with Gasteiger partial charge < -0.3 is 10.6 Å². The number of thioether (sulfide) groups is 1. The Morgan fingerprint density at radius 2 is 1.83 bits per heavy atom. The summed E-state index contributed by atoms with van der Waals surface area (Å²) in [5, 5.41) is 5.73. The summed E-state index contributed by atoms with van der Waals surface area (Å²) in [6.07, 6.45) is 3.60. The first-order chi connectivity index (χ1) is 14.4. The predicted molar refractivity (Wildman–Crippen MR) is 119 cm³/mol. The standard InChI is InChI=1S/C22H23N3O3S2/c1-16-6-11-20(24-15-22(26)25-14-17-5-3-4-12-23-17)21(13-16)30(27,28)19-9-7-18(29-2)8-10-19/h3-13,24H,14-15H2,1-2H3,(H,25,26). The van der Waals surface area contributed by atoms with Crippen LogP contribution in [0.1, 0.15) is 11.3 Å². The Morgan fingerprint density at radius 3 is 2.50 bits per heavy atom. The summed E-state index contributed by atoms with van der Waals surface area (Å²) in [6.45, 7) is 2.09. The molecule has 0 aliphatic heterocycles. The number of aryl methyl sites for hydroxylation is 1. The highest BCUT2D eigenvalue weighted by molar-refractivity contribution is 7.98. The molecule has 30 heavy (non-hydrogen) atoms. The number of hydrogen-bond donors (Lipinski definition) is 2. The largest absolute Gasteiger partial charge is 0.375 e. The quantitative estimate of drug-likeness (QED) is 0.519. The molecule has 3 rings (SSSR count). The minimum atomic E-state index is -3.73. The highest BCUT2D eigenvalue weighted by atomic mass is 32.2. The number of anilines is 1. The Morgan fingerprint density at radius 1 is 1.07 bits per heavy atom. The van der Waals surface area contributed by atoms with Gasteiger partial charge in [-0.05, 0) is 67.3 Å². The SMILES string of the molecule is CSc1ccc(S(=O)(=O)c2cc(C)ccc2NCC(=O)NCc2ccccn2)cc1. The van der Waals surface area contributed by atoms with Crippen molar-refractivity contribution in [2.45, 2.75) is 28.2 Å². The molecule has 2 aromatic carbocycles. The smallest absolute Gasteiger partial charge is 0.239 e. The first-order valence-electron chi connectivity index (χ1n) is 9.30. The number of carbonyl (C=O) groups is 1. The van der Waals surface area contributed by atoms with Crippen molar-refractivity contribution in [3.8, 4) is 0 Å². The van der Waals surface area contributed by atoms with Crippen LogP contribution >= 0.6 is 11.8 Å². The zero-order valence-corrected chi connectivity index (χ0v) is 18.4. The molecule has 0 unspecified atom stereocenters. The molecule has 0 fully saturated rings. The molecule has 2 N–H and O–H groups in total. The minimum Gasteiger partial charge on any atom is -0.375 e. The average Bonchev–Trinajstić information content (AvgIpc) is 2.77. The molecular weight excluding hydrogens is 418 g/mol. The van der Waals surface area contributed by atoms with E-state index in [0.29, 0.717) is 12.2 Å². The number of nitrogens with zero attached hydrogens (tertiary/aromatic N) is 1. The van der Waals surface area contributed by atoms with E-state index in [-0.39, 0.29) is 22.2 Å². The van der Waals surface area contributed by atoms with Crippen molar-refractivity contribution in [1.29, 1.82) is 0 Å². The Labute approximate surface area is 181 Å². The topological polar surface area (TPSA) is 88.2 Å². The zero-order valence-electron chi connectivity index (χ0n) is 16.8. The van der Waals surface area contributed by atoms with Crippen molar-refractivity contribution in [2.75, 3.05) is 18.1 Å². The van der Waals surface area contributed by atoms with E-state index in [1.54, 1.807) is 60.4 Å². The lowest BCUT2D eigenvalue weighted by atomic mass is 10.2. The predicted octanol–water partition coefficient (Wildman–Crippen LogP) is 3.67. The van der Waals surface area contributed by atoms with Crippen molar-refractivity contribution >= 4 is 33.2 Å². The van der Waals surface area contributed by atoms with Crippen LogP contribution in [0.3, 0.4) is 0 Å². The van der Waals surface area contributed by atoms with Gasteiger partial charge in [0, 0.05) is 11.1 Å². The third kappa shape index (κ3) is 5.40. The lowest BCUT2D eigenvalue weighted by Gasteiger charge is -2.14. The lowest BCUT2D eigenvalue weighted by Crippen LogP contribution is -2.30. The third-order valence-electron chi connectivity index (χ3n) is 4.43. The molecule has 0 saturated heterocycles. The van der Waals surface area contributed by atoms with Gasteiger partial charge in [-0.15, -0.1) is 11.8 Å². The maximum atomic E-state index is 13.2. The van der Waals surface area contributed by atoms with Crippen LogP contribution in [-0.4, -0.2) is 32.1 Å². The second-order valence-electron chi connectivity index (χ2n) is 6.63. The summed E-state index contributed by atoms with van der Waals surface area (Å²) in [7, 11) is -3.73. The number of benzene rings is 2. The third-order valence-corrected chi connectivity index (χ3v) is 6.98. The summed E-state index contributed by atoms with van der Waals surface area (Å²) in [6, 6.07) is 17.4. The van der Waals surface area contributed by atoms with Crippen LogP contribution in [0.5, 0.6) is 0 Å². The first kappa shape index (κ1) is 21.9. The molecule has 156 valence electrons. The fourth-order valence-corrected chi connectivity index (χ4v) is 4.74. The van der Waals surface area contributed by atoms with Crippen molar-refractivity contribution in [2.24, 2.45) is 0 Å². The van der Waals surface area contributed by atoms with Crippen LogP contribution in [0.4, 0.5) is 5.69 Å². The number of sulfone groups is 1. The Balaban J connectivity index is 1.75. The van der Waals surface area contributed by atoms with Crippen LogP contribution in [0.2, 0.25) is 0 Å². The molecule has 1 heterocycles. The van der Waals surface area contributed by atoms with Crippen LogP contribution in [0.25, 0.3) is 0 Å². The first-order valence-corrected chi connectivity index (χ1v) is 12.0. The maximum Gasteiger partial charge on any atom is 0.239 e. The molecule has 0 radical (unpaired) electrons. The maximum absolute atomic E-state index is 13.2. The molecule has 6 nitrogen and oxygen atoms in total. The van der Waals surface area contributed by atoms with Gasteiger partial charge in [0.2, 0.25) is 15.7 Å². The fourth-order valence-electron chi connectivity index (χ4n) is 2.81. The van der Waals surface area contributed by atoms with Gasteiger partial charge in [0.05, 0.1) is 34.3 Å². The molecule has 1 amide bonds. The number of amides is 1. The molecule has 0 saturated carbocycles. The summed E-state index contributed by atoms with van der Waals surface area (Å²) in [5.41, 5.74) is 1.96. The number of rotatable bonds is 8. The monoisotopic (exact) mass is 441 g/mol. The van der Waals surface area contributed by atoms with E-state index in [1.165, 1.54) is 0 Å². The van der Waals surface area contributed by atoms with Crippen molar-refractivity contribution in [1.82, 2.24) is 10.3 Å². The molecule has 8 heteroatoms. The van der Waals surface area contributed by atoms with E-state index in [2.05, 4.69) is 15.6 Å². The van der Waals surface area contributed by atoms with Crippen LogP contribution < -0.4 is 10.6 Å². The van der Waals surface area contributed by atoms with Gasteiger partial charge in [-0.3, -0.25) is 9.78 Å². The van der Waals surface area contributed by atoms with Gasteiger partial charge >= 0.3 is 0 Å². The van der Waals surface area contributed by atoms with Crippen molar-refractivity contribution < 1.29 is 13.2 Å². The van der Waals surface area contributed by atoms with E-state index in [4.69, 9.17) is 0 Å². The lowest BCUT2D eigenvalue weighted by molar-refractivity contribution is -0.119. The molecule has 0 bridgehead atoms. The number of hydrogen-bond acceptors (Lipinski definition) is 6. The number of nitrogens with one attached hydrogen (secondary N) is 2. The van der Waals surface area contributed by atoms with Crippen LogP contribution in [-0.2, 0) is 21.2 Å². The van der Waals surface area contributed by atoms with Gasteiger partial charge in [0.15, 0.2) is 0 Å². The van der Waals surface area contributed by atoms with E-state index in [1.807, 2.05) is 31.4 Å². The van der Waals surface area contributed by atoms with Crippen molar-refractivity contribution in [3.05, 3.63) is 78.1 Å². The van der Waals surface area contributed by atoms with E-state index in [9.17, 15) is 13.2 Å². The normalized spacial score (nSPS) is 11.1. The van der Waals surface area contributed by atoms with Gasteiger partial charge in [-0.25, -0.2) is 8.42 Å². The van der Waals surface area contributed by atoms with E-state index >= 15 is 0 Å². The molecule has 3 aromatic rings. The minimum absolute atomic E-state index is 0.0518. The van der Waals surface area contributed by atoms with Crippen molar-refractivity contribution in [3.63, 3.8) is 0 Å².